The molecule has 0 saturated carbocycles. The summed E-state index contributed by atoms with van der Waals surface area (Å²) in [7, 11) is 0. The fourth-order valence-corrected chi connectivity index (χ4v) is 3.23. The zero-order chi connectivity index (χ0) is 22.6. The molecule has 0 saturated heterocycles. The second-order valence-corrected chi connectivity index (χ2v) is 7.37. The maximum Gasteiger partial charge on any atom is 0.251 e. The number of benzene rings is 3. The van der Waals surface area contributed by atoms with E-state index < -0.39 is 6.04 Å². The molecule has 0 aliphatic rings. The first kappa shape index (κ1) is 22.7. The highest BCUT2D eigenvalue weighted by atomic mass is 16.2. The van der Waals surface area contributed by atoms with Crippen molar-refractivity contribution < 1.29 is 14.4 Å². The van der Waals surface area contributed by atoms with E-state index in [4.69, 9.17) is 0 Å². The summed E-state index contributed by atoms with van der Waals surface area (Å²) >= 11 is 0. The highest BCUT2D eigenvalue weighted by Gasteiger charge is 2.19. The minimum absolute atomic E-state index is 0.0776. The van der Waals surface area contributed by atoms with Crippen LogP contribution in [0.15, 0.2) is 91.0 Å². The van der Waals surface area contributed by atoms with E-state index in [1.54, 1.807) is 24.3 Å². The molecule has 6 heteroatoms. The molecule has 32 heavy (non-hydrogen) atoms. The van der Waals surface area contributed by atoms with Gasteiger partial charge in [0.15, 0.2) is 0 Å². The van der Waals surface area contributed by atoms with Crippen molar-refractivity contribution in [2.45, 2.75) is 25.4 Å². The molecule has 6 nitrogen and oxygen atoms in total. The molecule has 3 aromatic carbocycles. The van der Waals surface area contributed by atoms with Gasteiger partial charge in [0.25, 0.3) is 5.91 Å². The van der Waals surface area contributed by atoms with Crippen molar-refractivity contribution in [3.8, 4) is 0 Å². The van der Waals surface area contributed by atoms with E-state index in [2.05, 4.69) is 16.0 Å². The lowest BCUT2D eigenvalue weighted by Gasteiger charge is -2.19. The Balaban J connectivity index is 1.49. The normalized spacial score (nSPS) is 11.2. The van der Waals surface area contributed by atoms with Crippen LogP contribution in [0, 0.1) is 0 Å². The van der Waals surface area contributed by atoms with Crippen LogP contribution >= 0.6 is 0 Å². The maximum absolute atomic E-state index is 12.6. The molecule has 0 radical (unpaired) electrons. The molecule has 3 N–H and O–H groups in total. The molecule has 0 aliphatic carbocycles. The molecule has 0 aliphatic heterocycles. The molecule has 0 bridgehead atoms. The third-order valence-electron chi connectivity index (χ3n) is 4.94. The molecule has 0 spiro atoms. The summed E-state index contributed by atoms with van der Waals surface area (Å²) in [5, 5.41) is 8.55. The van der Waals surface area contributed by atoms with Gasteiger partial charge in [0.2, 0.25) is 11.8 Å². The number of hydrogen-bond donors (Lipinski definition) is 3. The van der Waals surface area contributed by atoms with Crippen molar-refractivity contribution in [2.75, 3.05) is 6.54 Å². The summed E-state index contributed by atoms with van der Waals surface area (Å²) < 4.78 is 0. The lowest BCUT2D eigenvalue weighted by Crippen LogP contribution is -2.35. The molecular formula is C26H27N3O3. The fourth-order valence-electron chi connectivity index (χ4n) is 3.23. The van der Waals surface area contributed by atoms with Gasteiger partial charge >= 0.3 is 0 Å². The van der Waals surface area contributed by atoms with Gasteiger partial charge in [-0.25, -0.2) is 0 Å². The smallest absolute Gasteiger partial charge is 0.251 e. The second kappa shape index (κ2) is 12.1. The van der Waals surface area contributed by atoms with Crippen molar-refractivity contribution in [2.24, 2.45) is 0 Å². The van der Waals surface area contributed by atoms with Gasteiger partial charge in [0, 0.05) is 25.1 Å². The first-order chi connectivity index (χ1) is 15.6. The number of rotatable bonds is 10. The molecular weight excluding hydrogens is 402 g/mol. The van der Waals surface area contributed by atoms with Crippen LogP contribution in [-0.2, 0) is 16.1 Å². The van der Waals surface area contributed by atoms with Gasteiger partial charge in [-0.1, -0.05) is 78.9 Å². The molecule has 3 aromatic rings. The van der Waals surface area contributed by atoms with Gasteiger partial charge in [-0.15, -0.1) is 0 Å². The van der Waals surface area contributed by atoms with Crippen LogP contribution in [0.3, 0.4) is 0 Å². The molecule has 1 atom stereocenters. The Bertz CT molecular complexity index is 1010. The lowest BCUT2D eigenvalue weighted by molar-refractivity contribution is -0.122. The topological polar surface area (TPSA) is 87.3 Å². The Morgan fingerprint density at radius 3 is 1.94 bits per heavy atom. The first-order valence-electron chi connectivity index (χ1n) is 10.6. The number of carbonyl (C=O) groups excluding carboxylic acids is 3. The van der Waals surface area contributed by atoms with Crippen LogP contribution in [0.25, 0.3) is 0 Å². The van der Waals surface area contributed by atoms with Crippen LogP contribution in [-0.4, -0.2) is 24.3 Å². The van der Waals surface area contributed by atoms with Gasteiger partial charge in [-0.05, 0) is 23.3 Å². The minimum atomic E-state index is -0.476. The average Bonchev–Trinajstić information content (AvgIpc) is 2.84. The number of hydrogen-bond acceptors (Lipinski definition) is 3. The first-order valence-corrected chi connectivity index (χ1v) is 10.6. The summed E-state index contributed by atoms with van der Waals surface area (Å²) in [5.41, 5.74) is 2.39. The highest BCUT2D eigenvalue weighted by Crippen LogP contribution is 2.17. The molecule has 0 fully saturated rings. The quantitative estimate of drug-likeness (QED) is 0.462. The second-order valence-electron chi connectivity index (χ2n) is 7.37. The molecule has 164 valence electrons. The Hall–Kier alpha value is -3.93. The monoisotopic (exact) mass is 429 g/mol. The third-order valence-corrected chi connectivity index (χ3v) is 4.94. The van der Waals surface area contributed by atoms with Crippen molar-refractivity contribution in [3.63, 3.8) is 0 Å². The van der Waals surface area contributed by atoms with Gasteiger partial charge in [0.05, 0.1) is 12.5 Å². The lowest BCUT2D eigenvalue weighted by atomic mass is 10.0. The molecule has 3 rings (SSSR count). The summed E-state index contributed by atoms with van der Waals surface area (Å²) in [6.45, 7) is 0.683. The summed E-state index contributed by atoms with van der Waals surface area (Å²) in [5.74, 6) is -0.609. The van der Waals surface area contributed by atoms with Crippen molar-refractivity contribution in [3.05, 3.63) is 108 Å². The van der Waals surface area contributed by atoms with E-state index >= 15 is 0 Å². The number of amides is 3. The van der Waals surface area contributed by atoms with Crippen molar-refractivity contribution in [1.29, 1.82) is 0 Å². The highest BCUT2D eigenvalue weighted by molar-refractivity contribution is 5.94. The predicted octanol–water partition coefficient (Wildman–Crippen LogP) is 3.37. The number of carbonyl (C=O) groups is 3. The zero-order valence-corrected chi connectivity index (χ0v) is 17.8. The third kappa shape index (κ3) is 7.40. The van der Waals surface area contributed by atoms with Crippen LogP contribution in [0.1, 0.15) is 40.4 Å². The van der Waals surface area contributed by atoms with Crippen LogP contribution in [0.5, 0.6) is 0 Å². The maximum atomic E-state index is 12.6. The van der Waals surface area contributed by atoms with E-state index in [-0.39, 0.29) is 37.1 Å². The summed E-state index contributed by atoms with van der Waals surface area (Å²) in [4.78, 5) is 37.1. The molecule has 0 aromatic heterocycles. The van der Waals surface area contributed by atoms with Crippen LogP contribution in [0.2, 0.25) is 0 Å². The van der Waals surface area contributed by atoms with E-state index in [9.17, 15) is 14.4 Å². The van der Waals surface area contributed by atoms with Crippen LogP contribution < -0.4 is 16.0 Å². The van der Waals surface area contributed by atoms with E-state index in [0.717, 1.165) is 11.1 Å². The minimum Gasteiger partial charge on any atom is -0.356 e. The van der Waals surface area contributed by atoms with Crippen molar-refractivity contribution in [1.82, 2.24) is 16.0 Å². The van der Waals surface area contributed by atoms with E-state index in [0.29, 0.717) is 12.1 Å². The van der Waals surface area contributed by atoms with E-state index in [1.807, 2.05) is 66.7 Å². The Morgan fingerprint density at radius 2 is 1.28 bits per heavy atom. The molecule has 0 heterocycles. The van der Waals surface area contributed by atoms with Gasteiger partial charge < -0.3 is 16.0 Å². The van der Waals surface area contributed by atoms with Gasteiger partial charge in [0.1, 0.15) is 0 Å². The number of nitrogens with one attached hydrogen (secondary N) is 3. The largest absolute Gasteiger partial charge is 0.356 e. The standard InChI is InChI=1S/C26H27N3O3/c30-24(28-19-20-10-4-1-5-11-20)16-17-27-25(31)18-23(21-12-6-2-7-13-21)29-26(32)22-14-8-3-9-15-22/h1-15,23H,16-19H2,(H,27,31)(H,28,30)(H,29,32). The summed E-state index contributed by atoms with van der Waals surface area (Å²) in [6, 6.07) is 27.4. The predicted molar refractivity (Wildman–Crippen MR) is 124 cm³/mol. The van der Waals surface area contributed by atoms with Crippen molar-refractivity contribution >= 4 is 17.7 Å². The van der Waals surface area contributed by atoms with Gasteiger partial charge in [-0.2, -0.15) is 0 Å². The van der Waals surface area contributed by atoms with Crippen LogP contribution in [0.4, 0.5) is 0 Å². The van der Waals surface area contributed by atoms with E-state index in [1.165, 1.54) is 0 Å². The molecule has 3 amide bonds. The average molecular weight is 430 g/mol. The Morgan fingerprint density at radius 1 is 0.688 bits per heavy atom. The van der Waals surface area contributed by atoms with Gasteiger partial charge in [-0.3, -0.25) is 14.4 Å². The Labute approximate surface area is 188 Å². The summed E-state index contributed by atoms with van der Waals surface area (Å²) in [6.07, 6.45) is 0.263. The Kier molecular flexibility index (Phi) is 8.57. The zero-order valence-electron chi connectivity index (χ0n) is 17.8. The SMILES string of the molecule is O=C(CCNC(=O)CC(NC(=O)c1ccccc1)c1ccccc1)NCc1ccccc1. The fraction of sp³-hybridized carbons (Fsp3) is 0.192. The molecule has 1 unspecified atom stereocenters.